The highest BCUT2D eigenvalue weighted by atomic mass is 19.2. The number of carbonyl (C=O) groups is 1. The molecular formula is C24H29F2N5O. The zero-order valence-corrected chi connectivity index (χ0v) is 18.4. The predicted octanol–water partition coefficient (Wildman–Crippen LogP) is 3.10. The number of benzene rings is 1. The van der Waals surface area contributed by atoms with Crippen molar-refractivity contribution in [3.63, 3.8) is 0 Å². The summed E-state index contributed by atoms with van der Waals surface area (Å²) in [6, 6.07) is 5.93. The van der Waals surface area contributed by atoms with E-state index >= 15 is 0 Å². The monoisotopic (exact) mass is 441 g/mol. The van der Waals surface area contributed by atoms with Gasteiger partial charge in [0.1, 0.15) is 0 Å². The molecule has 1 unspecified atom stereocenters. The lowest BCUT2D eigenvalue weighted by molar-refractivity contribution is -0.142. The number of aromatic nitrogens is 2. The van der Waals surface area contributed by atoms with Crippen LogP contribution in [0.3, 0.4) is 0 Å². The lowest BCUT2D eigenvalue weighted by Crippen LogP contribution is -2.52. The maximum Gasteiger partial charge on any atom is 0.231 e. The minimum absolute atomic E-state index is 0.127. The normalized spacial score (nSPS) is 25.4. The summed E-state index contributed by atoms with van der Waals surface area (Å²) in [5, 5.41) is 0. The number of piperidine rings is 1. The van der Waals surface area contributed by atoms with Gasteiger partial charge in [-0.3, -0.25) is 9.69 Å². The van der Waals surface area contributed by atoms with Gasteiger partial charge in [0.05, 0.1) is 5.41 Å². The Balaban J connectivity index is 1.38. The third-order valence-corrected chi connectivity index (χ3v) is 7.89. The molecule has 0 aliphatic carbocycles. The summed E-state index contributed by atoms with van der Waals surface area (Å²) in [5.41, 5.74) is 0.239. The Morgan fingerprint density at radius 2 is 1.75 bits per heavy atom. The highest BCUT2D eigenvalue weighted by molar-refractivity contribution is 5.87. The Morgan fingerprint density at radius 1 is 1.00 bits per heavy atom. The van der Waals surface area contributed by atoms with Crippen LogP contribution in [-0.4, -0.2) is 64.9 Å². The molecule has 6 nitrogen and oxygen atoms in total. The van der Waals surface area contributed by atoms with Crippen molar-refractivity contribution in [1.29, 1.82) is 0 Å². The summed E-state index contributed by atoms with van der Waals surface area (Å²) < 4.78 is 26.9. The molecule has 32 heavy (non-hydrogen) atoms. The van der Waals surface area contributed by atoms with Crippen LogP contribution in [0.5, 0.6) is 0 Å². The lowest BCUT2D eigenvalue weighted by Gasteiger charge is -2.46. The molecule has 1 aromatic carbocycles. The molecule has 3 saturated heterocycles. The summed E-state index contributed by atoms with van der Waals surface area (Å²) in [6.07, 6.45) is 6.15. The van der Waals surface area contributed by atoms with E-state index in [4.69, 9.17) is 0 Å². The number of likely N-dealkylation sites (tertiary alicyclic amines) is 2. The fraction of sp³-hybridized carbons (Fsp3) is 0.542. The van der Waals surface area contributed by atoms with E-state index in [1.54, 1.807) is 24.5 Å². The minimum atomic E-state index is -0.817. The molecule has 4 heterocycles. The van der Waals surface area contributed by atoms with Gasteiger partial charge >= 0.3 is 0 Å². The van der Waals surface area contributed by atoms with Gasteiger partial charge in [0.15, 0.2) is 11.6 Å². The predicted molar refractivity (Wildman–Crippen MR) is 117 cm³/mol. The van der Waals surface area contributed by atoms with Crippen LogP contribution in [0.2, 0.25) is 0 Å². The maximum absolute atomic E-state index is 13.6. The molecule has 5 rings (SSSR count). The van der Waals surface area contributed by atoms with Crippen molar-refractivity contribution < 1.29 is 13.6 Å². The number of anilines is 1. The zero-order valence-electron chi connectivity index (χ0n) is 18.4. The van der Waals surface area contributed by atoms with Crippen molar-refractivity contribution in [1.82, 2.24) is 19.8 Å². The van der Waals surface area contributed by atoms with Crippen LogP contribution in [0.4, 0.5) is 14.7 Å². The largest absolute Gasteiger partial charge is 0.342 e. The molecular weight excluding hydrogens is 412 g/mol. The van der Waals surface area contributed by atoms with E-state index < -0.39 is 17.0 Å². The number of fused-ring (bicyclic) bond motifs is 1. The van der Waals surface area contributed by atoms with Crippen molar-refractivity contribution in [2.75, 3.05) is 44.2 Å². The molecule has 0 radical (unpaired) electrons. The van der Waals surface area contributed by atoms with Gasteiger partial charge in [-0.05, 0) is 63.0 Å². The second-order valence-electron chi connectivity index (χ2n) is 9.43. The quantitative estimate of drug-likeness (QED) is 0.730. The SMILES string of the molecule is CCN1CCC2(CN(c3ncccn3)CC23CCN(Cc2ccc(F)c(F)c2)CC3)C1=O. The van der Waals surface area contributed by atoms with Gasteiger partial charge in [0, 0.05) is 50.5 Å². The highest BCUT2D eigenvalue weighted by Gasteiger charge is 2.65. The number of amides is 1. The third kappa shape index (κ3) is 3.36. The van der Waals surface area contributed by atoms with E-state index in [1.807, 2.05) is 11.8 Å². The first-order valence-electron chi connectivity index (χ1n) is 11.4. The smallest absolute Gasteiger partial charge is 0.231 e. The summed E-state index contributed by atoms with van der Waals surface area (Å²) in [5.74, 6) is -0.661. The third-order valence-electron chi connectivity index (χ3n) is 7.89. The van der Waals surface area contributed by atoms with Crippen LogP contribution < -0.4 is 4.90 Å². The van der Waals surface area contributed by atoms with E-state index in [-0.39, 0.29) is 11.3 Å². The topological polar surface area (TPSA) is 52.6 Å². The first-order valence-corrected chi connectivity index (χ1v) is 11.4. The van der Waals surface area contributed by atoms with Crippen LogP contribution in [-0.2, 0) is 11.3 Å². The molecule has 1 amide bonds. The van der Waals surface area contributed by atoms with E-state index in [1.165, 1.54) is 12.1 Å². The Labute approximate surface area is 187 Å². The Bertz CT molecular complexity index is 995. The Hall–Kier alpha value is -2.61. The average Bonchev–Trinajstić information content (AvgIpc) is 3.31. The first-order chi connectivity index (χ1) is 15.5. The summed E-state index contributed by atoms with van der Waals surface area (Å²) in [7, 11) is 0. The van der Waals surface area contributed by atoms with E-state index in [0.29, 0.717) is 19.0 Å². The van der Waals surface area contributed by atoms with Gasteiger partial charge in [-0.25, -0.2) is 18.7 Å². The second-order valence-corrected chi connectivity index (χ2v) is 9.43. The summed E-state index contributed by atoms with van der Waals surface area (Å²) in [6.45, 7) is 7.25. The fourth-order valence-electron chi connectivity index (χ4n) is 6.11. The van der Waals surface area contributed by atoms with Crippen LogP contribution >= 0.6 is 0 Å². The standard InChI is InChI=1S/C24H29F2N5O/c1-2-30-13-8-24(21(30)32)17-31(22-27-9-3-10-28-22)16-23(24)6-11-29(12-7-23)15-18-4-5-19(25)20(26)14-18/h3-5,9-10,14H,2,6-8,11-13,15-17H2,1H3. The molecule has 1 atom stereocenters. The number of hydrogen-bond donors (Lipinski definition) is 0. The van der Waals surface area contributed by atoms with Crippen molar-refractivity contribution in [2.45, 2.75) is 32.7 Å². The number of nitrogens with zero attached hydrogens (tertiary/aromatic N) is 5. The van der Waals surface area contributed by atoms with E-state index in [2.05, 4.69) is 19.8 Å². The number of hydrogen-bond acceptors (Lipinski definition) is 5. The molecule has 8 heteroatoms. The summed E-state index contributed by atoms with van der Waals surface area (Å²) >= 11 is 0. The van der Waals surface area contributed by atoms with Crippen LogP contribution in [0.1, 0.15) is 31.7 Å². The maximum atomic E-state index is 13.6. The first kappa shape index (κ1) is 21.2. The fourth-order valence-corrected chi connectivity index (χ4v) is 6.11. The minimum Gasteiger partial charge on any atom is -0.342 e. The van der Waals surface area contributed by atoms with Crippen molar-refractivity contribution >= 4 is 11.9 Å². The molecule has 2 aromatic rings. The molecule has 3 fully saturated rings. The van der Waals surface area contributed by atoms with Gasteiger partial charge in [-0.15, -0.1) is 0 Å². The van der Waals surface area contributed by atoms with Gasteiger partial charge < -0.3 is 9.80 Å². The molecule has 170 valence electrons. The summed E-state index contributed by atoms with van der Waals surface area (Å²) in [4.78, 5) is 29.0. The van der Waals surface area contributed by atoms with Crippen LogP contribution in [0.25, 0.3) is 0 Å². The second kappa shape index (κ2) is 8.06. The van der Waals surface area contributed by atoms with E-state index in [9.17, 15) is 13.6 Å². The van der Waals surface area contributed by atoms with Crippen molar-refractivity contribution in [3.8, 4) is 0 Å². The molecule has 1 aromatic heterocycles. The number of halogens is 2. The molecule has 0 bridgehead atoms. The molecule has 0 saturated carbocycles. The molecule has 3 aliphatic rings. The van der Waals surface area contributed by atoms with Crippen molar-refractivity contribution in [2.24, 2.45) is 10.8 Å². The van der Waals surface area contributed by atoms with Crippen LogP contribution in [0, 0.1) is 22.5 Å². The van der Waals surface area contributed by atoms with Gasteiger partial charge in [-0.1, -0.05) is 6.07 Å². The molecule has 3 aliphatic heterocycles. The van der Waals surface area contributed by atoms with Crippen LogP contribution in [0.15, 0.2) is 36.7 Å². The molecule has 2 spiro atoms. The van der Waals surface area contributed by atoms with Gasteiger partial charge in [-0.2, -0.15) is 0 Å². The number of carbonyl (C=O) groups excluding carboxylic acids is 1. The lowest BCUT2D eigenvalue weighted by atomic mass is 9.60. The highest BCUT2D eigenvalue weighted by Crippen LogP contribution is 2.58. The Morgan fingerprint density at radius 3 is 2.41 bits per heavy atom. The zero-order chi connectivity index (χ0) is 22.3. The average molecular weight is 442 g/mol. The van der Waals surface area contributed by atoms with Gasteiger partial charge in [0.2, 0.25) is 11.9 Å². The molecule has 0 N–H and O–H groups in total. The van der Waals surface area contributed by atoms with Crippen molar-refractivity contribution in [3.05, 3.63) is 53.9 Å². The number of rotatable bonds is 4. The van der Waals surface area contributed by atoms with E-state index in [0.717, 1.165) is 57.5 Å². The Kier molecular flexibility index (Phi) is 5.35. The van der Waals surface area contributed by atoms with Gasteiger partial charge in [0.25, 0.3) is 0 Å².